The van der Waals surface area contributed by atoms with Gasteiger partial charge in [0.05, 0.1) is 0 Å². The van der Waals surface area contributed by atoms with Crippen LogP contribution in [0.1, 0.15) is 42.4 Å². The van der Waals surface area contributed by atoms with Crippen molar-refractivity contribution < 1.29 is 9.90 Å². The number of rotatable bonds is 4. The van der Waals surface area contributed by atoms with Crippen molar-refractivity contribution in [3.63, 3.8) is 0 Å². The fraction of sp³-hybridized carbons (Fsp3) is 0.588. The number of carboxylic acid groups (broad SMARTS) is 1. The van der Waals surface area contributed by atoms with E-state index in [0.29, 0.717) is 12.3 Å². The second-order valence-corrected chi connectivity index (χ2v) is 6.10. The lowest BCUT2D eigenvalue weighted by Gasteiger charge is -2.21. The molecule has 1 fully saturated rings. The van der Waals surface area contributed by atoms with Gasteiger partial charge in [0, 0.05) is 13.0 Å². The smallest absolute Gasteiger partial charge is 0.303 e. The minimum Gasteiger partial charge on any atom is -0.481 e. The molecule has 0 amide bonds. The summed E-state index contributed by atoms with van der Waals surface area (Å²) in [7, 11) is 0. The van der Waals surface area contributed by atoms with Crippen molar-refractivity contribution in [3.8, 4) is 0 Å². The van der Waals surface area contributed by atoms with Crippen LogP contribution in [0.25, 0.3) is 0 Å². The molecule has 2 rings (SSSR count). The zero-order valence-electron chi connectivity index (χ0n) is 12.6. The summed E-state index contributed by atoms with van der Waals surface area (Å²) in [5.41, 5.74) is 4.06. The third-order valence-corrected chi connectivity index (χ3v) is 4.30. The van der Waals surface area contributed by atoms with Gasteiger partial charge in [-0.1, -0.05) is 23.8 Å². The van der Waals surface area contributed by atoms with Crippen LogP contribution in [0, 0.1) is 19.8 Å². The summed E-state index contributed by atoms with van der Waals surface area (Å²) in [4.78, 5) is 13.3. The Kier molecular flexibility index (Phi) is 5.18. The van der Waals surface area contributed by atoms with E-state index in [9.17, 15) is 4.79 Å². The first-order valence-corrected chi connectivity index (χ1v) is 7.55. The Bertz CT molecular complexity index is 470. The lowest BCUT2D eigenvalue weighted by molar-refractivity contribution is -0.138. The maximum Gasteiger partial charge on any atom is 0.303 e. The predicted molar refractivity (Wildman–Crippen MR) is 80.8 cm³/mol. The predicted octanol–water partition coefficient (Wildman–Crippen LogP) is 3.38. The number of aryl methyl sites for hydroxylation is 2. The molecule has 0 unspecified atom stereocenters. The first-order chi connectivity index (χ1) is 9.54. The highest BCUT2D eigenvalue weighted by molar-refractivity contribution is 5.67. The number of benzene rings is 1. The Hall–Kier alpha value is -1.35. The zero-order valence-corrected chi connectivity index (χ0v) is 12.6. The van der Waals surface area contributed by atoms with Crippen LogP contribution in [-0.4, -0.2) is 29.1 Å². The van der Waals surface area contributed by atoms with Crippen molar-refractivity contribution in [2.75, 3.05) is 13.1 Å². The van der Waals surface area contributed by atoms with Crippen LogP contribution in [0.2, 0.25) is 0 Å². The van der Waals surface area contributed by atoms with Gasteiger partial charge >= 0.3 is 5.97 Å². The molecule has 0 aliphatic carbocycles. The fourth-order valence-electron chi connectivity index (χ4n) is 3.05. The number of likely N-dealkylation sites (tertiary alicyclic amines) is 1. The summed E-state index contributed by atoms with van der Waals surface area (Å²) in [5, 5.41) is 8.91. The first kappa shape index (κ1) is 15.0. The van der Waals surface area contributed by atoms with Gasteiger partial charge in [-0.3, -0.25) is 9.69 Å². The summed E-state index contributed by atoms with van der Waals surface area (Å²) >= 11 is 0. The number of carboxylic acids is 1. The van der Waals surface area contributed by atoms with Crippen LogP contribution >= 0.6 is 0 Å². The minimum absolute atomic E-state index is 0.331. The van der Waals surface area contributed by atoms with Crippen LogP contribution < -0.4 is 0 Å². The summed E-state index contributed by atoms with van der Waals surface area (Å²) in [6.45, 7) is 7.40. The molecule has 0 radical (unpaired) electrons. The molecule has 20 heavy (non-hydrogen) atoms. The van der Waals surface area contributed by atoms with Crippen molar-refractivity contribution >= 4 is 5.97 Å². The Morgan fingerprint density at radius 3 is 2.85 bits per heavy atom. The van der Waals surface area contributed by atoms with E-state index < -0.39 is 5.97 Å². The molecule has 0 bridgehead atoms. The zero-order chi connectivity index (χ0) is 14.5. The molecule has 1 aliphatic heterocycles. The van der Waals surface area contributed by atoms with Crippen molar-refractivity contribution in [1.82, 2.24) is 4.90 Å². The molecule has 1 aromatic carbocycles. The Morgan fingerprint density at radius 1 is 1.30 bits per heavy atom. The van der Waals surface area contributed by atoms with Crippen LogP contribution in [0.4, 0.5) is 0 Å². The number of nitrogens with zero attached hydrogens (tertiary/aromatic N) is 1. The molecule has 1 atom stereocenters. The van der Waals surface area contributed by atoms with Crippen molar-refractivity contribution in [3.05, 3.63) is 34.9 Å². The van der Waals surface area contributed by atoms with E-state index in [1.807, 2.05) is 0 Å². The van der Waals surface area contributed by atoms with Gasteiger partial charge in [-0.05, 0) is 63.2 Å². The topological polar surface area (TPSA) is 40.5 Å². The Balaban J connectivity index is 1.94. The van der Waals surface area contributed by atoms with E-state index in [1.54, 1.807) is 0 Å². The first-order valence-electron chi connectivity index (χ1n) is 7.55. The summed E-state index contributed by atoms with van der Waals surface area (Å²) in [6.07, 6.45) is 3.51. The van der Waals surface area contributed by atoms with Gasteiger partial charge in [0.15, 0.2) is 0 Å². The highest BCUT2D eigenvalue weighted by Crippen LogP contribution is 2.22. The third-order valence-electron chi connectivity index (χ3n) is 4.30. The van der Waals surface area contributed by atoms with Crippen LogP contribution in [-0.2, 0) is 11.3 Å². The molecular formula is C17H25NO2. The lowest BCUT2D eigenvalue weighted by atomic mass is 9.97. The van der Waals surface area contributed by atoms with E-state index in [0.717, 1.165) is 38.9 Å². The minimum atomic E-state index is -0.655. The van der Waals surface area contributed by atoms with E-state index in [4.69, 9.17) is 5.11 Å². The van der Waals surface area contributed by atoms with Crippen molar-refractivity contribution in [2.45, 2.75) is 46.1 Å². The van der Waals surface area contributed by atoms with Gasteiger partial charge in [0.25, 0.3) is 0 Å². The molecular weight excluding hydrogens is 250 g/mol. The van der Waals surface area contributed by atoms with Crippen LogP contribution in [0.3, 0.4) is 0 Å². The third kappa shape index (κ3) is 4.34. The maximum absolute atomic E-state index is 10.8. The highest BCUT2D eigenvalue weighted by atomic mass is 16.4. The molecule has 1 saturated heterocycles. The number of aliphatic carboxylic acids is 1. The second-order valence-electron chi connectivity index (χ2n) is 6.10. The quantitative estimate of drug-likeness (QED) is 0.915. The van der Waals surface area contributed by atoms with Gasteiger partial charge < -0.3 is 5.11 Å². The summed E-state index contributed by atoms with van der Waals surface area (Å²) < 4.78 is 0. The van der Waals surface area contributed by atoms with Crippen molar-refractivity contribution in [2.24, 2.45) is 5.92 Å². The van der Waals surface area contributed by atoms with E-state index >= 15 is 0 Å². The molecule has 110 valence electrons. The van der Waals surface area contributed by atoms with Crippen LogP contribution in [0.5, 0.6) is 0 Å². The number of carbonyl (C=O) groups is 1. The molecule has 1 aromatic rings. The average Bonchev–Trinajstić information content (AvgIpc) is 2.59. The maximum atomic E-state index is 10.8. The Labute approximate surface area is 121 Å². The van der Waals surface area contributed by atoms with Gasteiger partial charge in [0.2, 0.25) is 0 Å². The number of hydrogen-bond acceptors (Lipinski definition) is 2. The monoisotopic (exact) mass is 275 g/mol. The van der Waals surface area contributed by atoms with Gasteiger partial charge in [0.1, 0.15) is 0 Å². The standard InChI is InChI=1S/C17H25NO2/c1-13-5-6-14(2)16(10-13)12-18-8-3-4-15(7-9-18)11-17(19)20/h5-6,10,15H,3-4,7-9,11-12H2,1-2H3,(H,19,20)/t15-/m0/s1. The molecule has 1 aliphatic rings. The number of hydrogen-bond donors (Lipinski definition) is 1. The molecule has 1 N–H and O–H groups in total. The van der Waals surface area contributed by atoms with Gasteiger partial charge in [-0.15, -0.1) is 0 Å². The molecule has 3 heteroatoms. The lowest BCUT2D eigenvalue weighted by Crippen LogP contribution is -2.24. The largest absolute Gasteiger partial charge is 0.481 e. The summed E-state index contributed by atoms with van der Waals surface area (Å²) in [5.74, 6) is -0.297. The Morgan fingerprint density at radius 2 is 2.10 bits per heavy atom. The van der Waals surface area contributed by atoms with E-state index in [-0.39, 0.29) is 0 Å². The van der Waals surface area contributed by atoms with E-state index in [1.165, 1.54) is 16.7 Å². The van der Waals surface area contributed by atoms with Crippen molar-refractivity contribution in [1.29, 1.82) is 0 Å². The fourth-order valence-corrected chi connectivity index (χ4v) is 3.05. The highest BCUT2D eigenvalue weighted by Gasteiger charge is 2.19. The molecule has 0 saturated carbocycles. The summed E-state index contributed by atoms with van der Waals surface area (Å²) in [6, 6.07) is 6.62. The SMILES string of the molecule is Cc1ccc(C)c(CN2CCC[C@H](CC(=O)O)CC2)c1. The second kappa shape index (κ2) is 6.89. The average molecular weight is 275 g/mol. The molecule has 0 aromatic heterocycles. The molecule has 1 heterocycles. The molecule has 3 nitrogen and oxygen atoms in total. The van der Waals surface area contributed by atoms with E-state index in [2.05, 4.69) is 36.9 Å². The van der Waals surface area contributed by atoms with Gasteiger partial charge in [-0.2, -0.15) is 0 Å². The van der Waals surface area contributed by atoms with Crippen LogP contribution in [0.15, 0.2) is 18.2 Å². The van der Waals surface area contributed by atoms with Gasteiger partial charge in [-0.25, -0.2) is 0 Å². The molecule has 0 spiro atoms. The normalized spacial score (nSPS) is 20.6.